The molecule has 0 bridgehead atoms. The number of nitrogens with zero attached hydrogens (tertiary/aromatic N) is 4. The molecule has 37 heavy (non-hydrogen) atoms. The predicted molar refractivity (Wildman–Crippen MR) is 144 cm³/mol. The predicted octanol–water partition coefficient (Wildman–Crippen LogP) is 2.90. The zero-order chi connectivity index (χ0) is 25.8. The maximum Gasteiger partial charge on any atom is 0.343 e. The molecule has 1 amide bonds. The van der Waals surface area contributed by atoms with Crippen LogP contribution >= 0.6 is 0 Å². The van der Waals surface area contributed by atoms with Crippen molar-refractivity contribution < 1.29 is 13.2 Å². The van der Waals surface area contributed by atoms with Gasteiger partial charge < -0.3 is 4.90 Å². The first-order chi connectivity index (χ1) is 17.9. The van der Waals surface area contributed by atoms with E-state index in [0.29, 0.717) is 18.6 Å². The summed E-state index contributed by atoms with van der Waals surface area (Å²) in [5, 5.41) is 0. The van der Waals surface area contributed by atoms with Crippen LogP contribution in [0, 0.1) is 0 Å². The Labute approximate surface area is 215 Å². The summed E-state index contributed by atoms with van der Waals surface area (Å²) in [5.41, 5.74) is 1.06. The first kappa shape index (κ1) is 24.7. The van der Waals surface area contributed by atoms with Crippen molar-refractivity contribution in [2.75, 3.05) is 32.7 Å². The first-order valence-electron chi connectivity index (χ1n) is 12.2. The van der Waals surface area contributed by atoms with E-state index >= 15 is 0 Å². The molecule has 8 nitrogen and oxygen atoms in total. The van der Waals surface area contributed by atoms with Crippen LogP contribution in [0.4, 0.5) is 0 Å². The van der Waals surface area contributed by atoms with Gasteiger partial charge in [-0.1, -0.05) is 72.8 Å². The number of amides is 1. The van der Waals surface area contributed by atoms with Crippen molar-refractivity contribution in [2.45, 2.75) is 11.4 Å². The second kappa shape index (κ2) is 10.6. The second-order valence-electron chi connectivity index (χ2n) is 8.93. The van der Waals surface area contributed by atoms with Crippen molar-refractivity contribution in [3.63, 3.8) is 0 Å². The fourth-order valence-electron chi connectivity index (χ4n) is 4.58. The number of hydrogen-bond donors (Lipinski definition) is 0. The van der Waals surface area contributed by atoms with E-state index in [1.165, 1.54) is 16.7 Å². The van der Waals surface area contributed by atoms with Crippen LogP contribution in [0.25, 0.3) is 17.1 Å². The highest BCUT2D eigenvalue weighted by molar-refractivity contribution is 7.90. The molecule has 5 rings (SSSR count). The van der Waals surface area contributed by atoms with Crippen LogP contribution in [0.2, 0.25) is 0 Å². The standard InChI is InChI=1S/C28H28N4O4S/c33-27(30-20-18-29(19-21-30)17-9-12-23-10-3-1-4-11-23)22-31-25-15-7-8-16-26(25)32(28(31)34)37(35,36)24-13-5-2-6-14-24/h1-16H,17-22H2/b12-9+. The molecule has 1 aromatic heterocycles. The van der Waals surface area contributed by atoms with Crippen LogP contribution in [0.15, 0.2) is 101 Å². The monoisotopic (exact) mass is 516 g/mol. The van der Waals surface area contributed by atoms with Crippen LogP contribution in [0.5, 0.6) is 0 Å². The maximum absolute atomic E-state index is 13.4. The Bertz CT molecular complexity index is 1580. The Balaban J connectivity index is 1.30. The lowest BCUT2D eigenvalue weighted by Gasteiger charge is -2.34. The number of fused-ring (bicyclic) bond motifs is 1. The minimum atomic E-state index is -4.13. The largest absolute Gasteiger partial charge is 0.343 e. The normalized spacial score (nSPS) is 15.0. The number of carbonyl (C=O) groups is 1. The minimum Gasteiger partial charge on any atom is -0.339 e. The Kier molecular flexibility index (Phi) is 7.07. The Hall–Kier alpha value is -3.95. The first-order valence-corrected chi connectivity index (χ1v) is 13.6. The van der Waals surface area contributed by atoms with E-state index in [9.17, 15) is 18.0 Å². The fourth-order valence-corrected chi connectivity index (χ4v) is 6.01. The van der Waals surface area contributed by atoms with E-state index in [0.717, 1.165) is 29.2 Å². The number of hydrogen-bond acceptors (Lipinski definition) is 5. The smallest absolute Gasteiger partial charge is 0.339 e. The zero-order valence-corrected chi connectivity index (χ0v) is 21.1. The summed E-state index contributed by atoms with van der Waals surface area (Å²) in [6.45, 7) is 3.13. The van der Waals surface area contributed by atoms with Gasteiger partial charge in [-0.2, -0.15) is 3.97 Å². The highest BCUT2D eigenvalue weighted by Gasteiger charge is 2.27. The molecule has 0 aliphatic carbocycles. The molecular weight excluding hydrogens is 488 g/mol. The molecule has 190 valence electrons. The van der Waals surface area contributed by atoms with Gasteiger partial charge in [0, 0.05) is 32.7 Å². The van der Waals surface area contributed by atoms with Crippen molar-refractivity contribution in [1.82, 2.24) is 18.3 Å². The van der Waals surface area contributed by atoms with Crippen molar-refractivity contribution >= 4 is 33.0 Å². The van der Waals surface area contributed by atoms with Gasteiger partial charge in [0.25, 0.3) is 10.0 Å². The molecule has 1 aliphatic heterocycles. The topological polar surface area (TPSA) is 84.6 Å². The van der Waals surface area contributed by atoms with Gasteiger partial charge in [-0.15, -0.1) is 0 Å². The van der Waals surface area contributed by atoms with Gasteiger partial charge in [0.15, 0.2) is 0 Å². The Morgan fingerprint density at radius 1 is 0.784 bits per heavy atom. The maximum atomic E-state index is 13.4. The van der Waals surface area contributed by atoms with Gasteiger partial charge in [0.1, 0.15) is 6.54 Å². The quantitative estimate of drug-likeness (QED) is 0.377. The van der Waals surface area contributed by atoms with Gasteiger partial charge in [0.2, 0.25) is 5.91 Å². The van der Waals surface area contributed by atoms with E-state index in [1.54, 1.807) is 47.4 Å². The van der Waals surface area contributed by atoms with Crippen LogP contribution in [0.1, 0.15) is 5.56 Å². The third-order valence-corrected chi connectivity index (χ3v) is 8.27. The van der Waals surface area contributed by atoms with Crippen molar-refractivity contribution in [1.29, 1.82) is 0 Å². The van der Waals surface area contributed by atoms with Crippen molar-refractivity contribution in [3.05, 3.63) is 107 Å². The lowest BCUT2D eigenvalue weighted by Crippen LogP contribution is -2.50. The van der Waals surface area contributed by atoms with Crippen LogP contribution in [-0.4, -0.2) is 65.4 Å². The second-order valence-corrected chi connectivity index (χ2v) is 10.7. The summed E-state index contributed by atoms with van der Waals surface area (Å²) in [5.74, 6) is -0.207. The van der Waals surface area contributed by atoms with Gasteiger partial charge in [-0.3, -0.25) is 14.3 Å². The molecule has 0 spiro atoms. The van der Waals surface area contributed by atoms with E-state index < -0.39 is 15.7 Å². The lowest BCUT2D eigenvalue weighted by atomic mass is 10.2. The molecule has 0 radical (unpaired) electrons. The fraction of sp³-hybridized carbons (Fsp3) is 0.214. The molecule has 1 fully saturated rings. The molecule has 0 saturated carbocycles. The van der Waals surface area contributed by atoms with Gasteiger partial charge in [-0.05, 0) is 29.8 Å². The van der Waals surface area contributed by atoms with E-state index in [4.69, 9.17) is 0 Å². The number of benzene rings is 3. The third-order valence-electron chi connectivity index (χ3n) is 6.57. The summed E-state index contributed by atoms with van der Waals surface area (Å²) in [6, 6.07) is 24.6. The molecule has 2 heterocycles. The SMILES string of the molecule is O=C(Cn1c(=O)n(S(=O)(=O)c2ccccc2)c2ccccc21)N1CCN(C/C=C/c2ccccc2)CC1. The summed E-state index contributed by atoms with van der Waals surface area (Å²) in [6.07, 6.45) is 4.21. The number of rotatable bonds is 7. The van der Waals surface area contributed by atoms with E-state index in [-0.39, 0.29) is 22.9 Å². The molecule has 9 heteroatoms. The summed E-state index contributed by atoms with van der Waals surface area (Å²) >= 11 is 0. The van der Waals surface area contributed by atoms with Crippen LogP contribution < -0.4 is 5.69 Å². The average Bonchev–Trinajstić information content (AvgIpc) is 3.21. The number of carbonyl (C=O) groups excluding carboxylic acids is 1. The number of piperazine rings is 1. The van der Waals surface area contributed by atoms with Gasteiger partial charge in [-0.25, -0.2) is 13.2 Å². The Morgan fingerprint density at radius 2 is 1.38 bits per heavy atom. The Morgan fingerprint density at radius 3 is 2.05 bits per heavy atom. The molecule has 0 atom stereocenters. The lowest BCUT2D eigenvalue weighted by molar-refractivity contribution is -0.133. The summed E-state index contributed by atoms with van der Waals surface area (Å²) in [7, 11) is -4.13. The van der Waals surface area contributed by atoms with Crippen LogP contribution in [-0.2, 0) is 21.4 Å². The van der Waals surface area contributed by atoms with Gasteiger partial charge >= 0.3 is 5.69 Å². The van der Waals surface area contributed by atoms with Crippen molar-refractivity contribution in [2.24, 2.45) is 0 Å². The summed E-state index contributed by atoms with van der Waals surface area (Å²) < 4.78 is 28.7. The molecule has 3 aromatic carbocycles. The highest BCUT2D eigenvalue weighted by Crippen LogP contribution is 2.20. The third kappa shape index (κ3) is 5.14. The highest BCUT2D eigenvalue weighted by atomic mass is 32.2. The van der Waals surface area contributed by atoms with E-state index in [1.807, 2.05) is 18.2 Å². The minimum absolute atomic E-state index is 0.0174. The number of aromatic nitrogens is 2. The molecule has 0 N–H and O–H groups in total. The average molecular weight is 517 g/mol. The van der Waals surface area contributed by atoms with E-state index in [2.05, 4.69) is 29.2 Å². The van der Waals surface area contributed by atoms with Crippen molar-refractivity contribution in [3.8, 4) is 0 Å². The molecule has 4 aromatic rings. The van der Waals surface area contributed by atoms with Crippen LogP contribution in [0.3, 0.4) is 0 Å². The van der Waals surface area contributed by atoms with Gasteiger partial charge in [0.05, 0.1) is 15.9 Å². The number of imidazole rings is 1. The number of para-hydroxylation sites is 2. The summed E-state index contributed by atoms with van der Waals surface area (Å²) in [4.78, 5) is 30.6. The molecule has 0 unspecified atom stereocenters. The molecule has 1 saturated heterocycles. The molecule has 1 aliphatic rings. The zero-order valence-electron chi connectivity index (χ0n) is 20.3. The molecular formula is C28H28N4O4S.